The number of thiocarbonyl (C=S) groups is 1. The molecule has 0 radical (unpaired) electrons. The summed E-state index contributed by atoms with van der Waals surface area (Å²) >= 11 is 6.46. The van der Waals surface area contributed by atoms with E-state index in [4.69, 9.17) is 12.2 Å². The predicted molar refractivity (Wildman–Crippen MR) is 119 cm³/mol. The Morgan fingerprint density at radius 3 is 2.60 bits per heavy atom. The van der Waals surface area contributed by atoms with E-state index in [9.17, 15) is 19.5 Å². The molecule has 9 heteroatoms. The highest BCUT2D eigenvalue weighted by atomic mass is 32.2. The van der Waals surface area contributed by atoms with Crippen LogP contribution >= 0.6 is 24.0 Å². The van der Waals surface area contributed by atoms with Gasteiger partial charge in [0.15, 0.2) is 0 Å². The maximum Gasteiger partial charge on any atom is 0.269 e. The van der Waals surface area contributed by atoms with E-state index in [2.05, 4.69) is 10.9 Å². The smallest absolute Gasteiger partial charge is 0.269 e. The van der Waals surface area contributed by atoms with Crippen LogP contribution in [-0.4, -0.2) is 38.6 Å². The van der Waals surface area contributed by atoms with E-state index >= 15 is 0 Å². The third-order valence-corrected chi connectivity index (χ3v) is 5.61. The van der Waals surface area contributed by atoms with Crippen molar-refractivity contribution < 1.29 is 19.5 Å². The number of phenols is 1. The molecule has 30 heavy (non-hydrogen) atoms. The molecule has 3 amide bonds. The molecule has 0 aliphatic carbocycles. The summed E-state index contributed by atoms with van der Waals surface area (Å²) in [5.74, 6) is -1.34. The molecule has 2 aromatic carbocycles. The lowest BCUT2D eigenvalue weighted by atomic mass is 10.1. The fourth-order valence-electron chi connectivity index (χ4n) is 2.63. The SMILES string of the molecule is Cc1ccc(/C=C2/SC(=S)N(CCC(=O)NNC(=O)c3cccc(O)c3)C2=O)cc1. The van der Waals surface area contributed by atoms with Crippen LogP contribution in [0.2, 0.25) is 0 Å². The zero-order valence-electron chi connectivity index (χ0n) is 16.0. The summed E-state index contributed by atoms with van der Waals surface area (Å²) in [6.45, 7) is 2.09. The standard InChI is InChI=1S/C21H19N3O4S2/c1-13-5-7-14(8-6-13)11-17-20(28)24(21(29)30-17)10-9-18(26)22-23-19(27)15-3-2-4-16(25)12-15/h2-8,11-12,25H,9-10H2,1H3,(H,22,26)(H,23,27)/b17-11+. The molecule has 0 spiro atoms. The summed E-state index contributed by atoms with van der Waals surface area (Å²) in [5.41, 5.74) is 6.78. The first-order chi connectivity index (χ1) is 14.3. The Morgan fingerprint density at radius 2 is 1.90 bits per heavy atom. The highest BCUT2D eigenvalue weighted by molar-refractivity contribution is 8.26. The lowest BCUT2D eigenvalue weighted by Crippen LogP contribution is -2.43. The number of phenolic OH excluding ortho intramolecular Hbond substituents is 1. The van der Waals surface area contributed by atoms with Crippen LogP contribution in [0.15, 0.2) is 53.4 Å². The van der Waals surface area contributed by atoms with Crippen LogP contribution in [0.3, 0.4) is 0 Å². The number of rotatable bonds is 5. The second-order valence-corrected chi connectivity index (χ2v) is 8.22. The van der Waals surface area contributed by atoms with Crippen molar-refractivity contribution in [2.75, 3.05) is 6.54 Å². The first-order valence-corrected chi connectivity index (χ1v) is 10.3. The number of aromatic hydroxyl groups is 1. The van der Waals surface area contributed by atoms with Crippen molar-refractivity contribution in [2.45, 2.75) is 13.3 Å². The molecule has 0 saturated carbocycles. The molecule has 1 saturated heterocycles. The summed E-state index contributed by atoms with van der Waals surface area (Å²) in [7, 11) is 0. The molecule has 3 rings (SSSR count). The number of hydrazine groups is 1. The Balaban J connectivity index is 1.52. The first-order valence-electron chi connectivity index (χ1n) is 9.04. The Labute approximate surface area is 183 Å². The average Bonchev–Trinajstić information content (AvgIpc) is 2.99. The molecule has 0 unspecified atom stereocenters. The molecular weight excluding hydrogens is 422 g/mol. The second kappa shape index (κ2) is 9.55. The highest BCUT2D eigenvalue weighted by Crippen LogP contribution is 2.32. The number of nitrogens with one attached hydrogen (secondary N) is 2. The fraction of sp³-hybridized carbons (Fsp3) is 0.143. The van der Waals surface area contributed by atoms with Gasteiger partial charge >= 0.3 is 0 Å². The van der Waals surface area contributed by atoms with Crippen LogP contribution in [0, 0.1) is 6.92 Å². The van der Waals surface area contributed by atoms with Gasteiger partial charge in [-0.05, 0) is 36.8 Å². The number of nitrogens with zero attached hydrogens (tertiary/aromatic N) is 1. The average molecular weight is 442 g/mol. The second-order valence-electron chi connectivity index (χ2n) is 6.55. The third kappa shape index (κ3) is 5.46. The van der Waals surface area contributed by atoms with Crippen molar-refractivity contribution in [3.63, 3.8) is 0 Å². The third-order valence-electron chi connectivity index (χ3n) is 4.23. The lowest BCUT2D eigenvalue weighted by Gasteiger charge is -2.14. The number of amides is 3. The summed E-state index contributed by atoms with van der Waals surface area (Å²) in [6, 6.07) is 13.5. The van der Waals surface area contributed by atoms with Crippen LogP contribution in [0.25, 0.3) is 6.08 Å². The van der Waals surface area contributed by atoms with E-state index < -0.39 is 11.8 Å². The normalized spacial score (nSPS) is 14.8. The van der Waals surface area contributed by atoms with Gasteiger partial charge in [0.25, 0.3) is 11.8 Å². The van der Waals surface area contributed by atoms with Gasteiger partial charge in [-0.15, -0.1) is 0 Å². The minimum Gasteiger partial charge on any atom is -0.508 e. The van der Waals surface area contributed by atoms with Crippen LogP contribution < -0.4 is 10.9 Å². The zero-order chi connectivity index (χ0) is 21.7. The molecule has 0 bridgehead atoms. The van der Waals surface area contributed by atoms with Crippen molar-refractivity contribution in [3.8, 4) is 5.75 Å². The largest absolute Gasteiger partial charge is 0.508 e. The highest BCUT2D eigenvalue weighted by Gasteiger charge is 2.32. The van der Waals surface area contributed by atoms with Gasteiger partial charge in [0.05, 0.1) is 4.91 Å². The van der Waals surface area contributed by atoms with Crippen molar-refractivity contribution >= 4 is 52.1 Å². The van der Waals surface area contributed by atoms with E-state index in [1.54, 1.807) is 6.08 Å². The van der Waals surface area contributed by atoms with Crippen molar-refractivity contribution in [3.05, 3.63) is 70.1 Å². The number of aryl methyl sites for hydroxylation is 1. The molecule has 3 N–H and O–H groups in total. The van der Waals surface area contributed by atoms with E-state index in [0.29, 0.717) is 9.23 Å². The van der Waals surface area contributed by atoms with Gasteiger partial charge in [-0.25, -0.2) is 0 Å². The topological polar surface area (TPSA) is 98.7 Å². The van der Waals surface area contributed by atoms with Crippen molar-refractivity contribution in [2.24, 2.45) is 0 Å². The number of benzene rings is 2. The molecule has 1 aliphatic rings. The molecule has 1 fully saturated rings. The maximum absolute atomic E-state index is 12.6. The van der Waals surface area contributed by atoms with Crippen LogP contribution in [0.1, 0.15) is 27.9 Å². The number of hydrogen-bond acceptors (Lipinski definition) is 6. The van der Waals surface area contributed by atoms with Crippen molar-refractivity contribution in [1.82, 2.24) is 15.8 Å². The van der Waals surface area contributed by atoms with E-state index in [-0.39, 0.29) is 30.2 Å². The summed E-state index contributed by atoms with van der Waals surface area (Å²) in [6.07, 6.45) is 1.74. The van der Waals surface area contributed by atoms with E-state index in [0.717, 1.165) is 11.1 Å². The quantitative estimate of drug-likeness (QED) is 0.375. The van der Waals surface area contributed by atoms with Gasteiger partial charge in [-0.3, -0.25) is 30.1 Å². The summed E-state index contributed by atoms with van der Waals surface area (Å²) in [4.78, 5) is 38.5. The fourth-order valence-corrected chi connectivity index (χ4v) is 3.94. The zero-order valence-corrected chi connectivity index (χ0v) is 17.7. The molecule has 1 heterocycles. The van der Waals surface area contributed by atoms with Gasteiger partial charge in [-0.1, -0.05) is 59.9 Å². The summed E-state index contributed by atoms with van der Waals surface area (Å²) < 4.78 is 0.384. The van der Waals surface area contributed by atoms with Crippen LogP contribution in [0.5, 0.6) is 5.75 Å². The Bertz CT molecular complexity index is 1030. The lowest BCUT2D eigenvalue weighted by molar-refractivity contribution is -0.124. The van der Waals surface area contributed by atoms with E-state index in [1.807, 2.05) is 31.2 Å². The first kappa shape index (κ1) is 21.5. The molecule has 2 aromatic rings. The Hall–Kier alpha value is -3.17. The van der Waals surface area contributed by atoms with Gasteiger partial charge < -0.3 is 5.11 Å². The molecule has 7 nitrogen and oxygen atoms in total. The number of hydrogen-bond donors (Lipinski definition) is 3. The monoisotopic (exact) mass is 441 g/mol. The number of carbonyl (C=O) groups is 3. The minimum atomic E-state index is -0.564. The van der Waals surface area contributed by atoms with Gasteiger partial charge in [0.2, 0.25) is 5.91 Å². The molecule has 154 valence electrons. The van der Waals surface area contributed by atoms with Crippen LogP contribution in [0.4, 0.5) is 0 Å². The van der Waals surface area contributed by atoms with Gasteiger partial charge in [0, 0.05) is 18.5 Å². The maximum atomic E-state index is 12.6. The molecule has 1 aliphatic heterocycles. The van der Waals surface area contributed by atoms with Gasteiger partial charge in [-0.2, -0.15) is 0 Å². The molecule has 0 aromatic heterocycles. The minimum absolute atomic E-state index is 0.0371. The summed E-state index contributed by atoms with van der Waals surface area (Å²) in [5, 5.41) is 9.40. The van der Waals surface area contributed by atoms with Crippen LogP contribution in [-0.2, 0) is 9.59 Å². The van der Waals surface area contributed by atoms with Gasteiger partial charge in [0.1, 0.15) is 10.1 Å². The molecular formula is C21H19N3O4S2. The number of carbonyl (C=O) groups excluding carboxylic acids is 3. The predicted octanol–water partition coefficient (Wildman–Crippen LogP) is 2.75. The van der Waals surface area contributed by atoms with E-state index in [1.165, 1.54) is 40.9 Å². The Morgan fingerprint density at radius 1 is 1.17 bits per heavy atom. The molecule has 0 atom stereocenters. The van der Waals surface area contributed by atoms with Crippen molar-refractivity contribution in [1.29, 1.82) is 0 Å². The number of thioether (sulfide) groups is 1. The Kier molecular flexibility index (Phi) is 6.86.